The average Bonchev–Trinajstić information content (AvgIpc) is 3.05. The van der Waals surface area contributed by atoms with E-state index >= 15 is 0 Å². The number of allylic oxidation sites excluding steroid dienone is 3. The van der Waals surface area contributed by atoms with Crippen LogP contribution in [0.1, 0.15) is 31.4 Å². The first kappa shape index (κ1) is 19.8. The molecule has 1 fully saturated rings. The SMILES string of the molecule is CC(=O)C1=C(c2ccccc2)CC2(C)CN(S(=O)(=O)c3ccc(C)cc3)CC2=C1. The first-order valence-electron chi connectivity index (χ1n) is 9.78. The maximum Gasteiger partial charge on any atom is 0.243 e. The third-order valence-corrected chi connectivity index (χ3v) is 7.82. The van der Waals surface area contributed by atoms with Crippen LogP contribution in [-0.4, -0.2) is 31.6 Å². The van der Waals surface area contributed by atoms with Crippen LogP contribution in [-0.2, 0) is 14.8 Å². The minimum Gasteiger partial charge on any atom is -0.295 e. The van der Waals surface area contributed by atoms with Crippen molar-refractivity contribution >= 4 is 21.4 Å². The number of sulfonamides is 1. The van der Waals surface area contributed by atoms with E-state index in [-0.39, 0.29) is 11.2 Å². The van der Waals surface area contributed by atoms with Gasteiger partial charge in [-0.2, -0.15) is 4.31 Å². The molecule has 1 heterocycles. The number of nitrogens with zero attached hydrogens (tertiary/aromatic N) is 1. The fourth-order valence-electron chi connectivity index (χ4n) is 4.30. The van der Waals surface area contributed by atoms with Gasteiger partial charge in [0.25, 0.3) is 0 Å². The topological polar surface area (TPSA) is 54.5 Å². The van der Waals surface area contributed by atoms with E-state index in [1.54, 1.807) is 23.4 Å². The van der Waals surface area contributed by atoms with E-state index in [4.69, 9.17) is 0 Å². The van der Waals surface area contributed by atoms with Crippen molar-refractivity contribution in [1.82, 2.24) is 4.31 Å². The first-order chi connectivity index (χ1) is 13.7. The summed E-state index contributed by atoms with van der Waals surface area (Å²) < 4.78 is 28.0. The fraction of sp³-hybridized carbons (Fsp3) is 0.292. The quantitative estimate of drug-likeness (QED) is 0.756. The van der Waals surface area contributed by atoms with Gasteiger partial charge in [0.05, 0.1) is 4.90 Å². The van der Waals surface area contributed by atoms with Crippen LogP contribution in [0.4, 0.5) is 0 Å². The molecule has 0 amide bonds. The van der Waals surface area contributed by atoms with Crippen molar-refractivity contribution in [1.29, 1.82) is 0 Å². The Balaban J connectivity index is 1.71. The highest BCUT2D eigenvalue weighted by Crippen LogP contribution is 2.49. The van der Waals surface area contributed by atoms with Crippen LogP contribution in [0, 0.1) is 12.3 Å². The molecule has 1 saturated heterocycles. The van der Waals surface area contributed by atoms with Crippen molar-refractivity contribution in [3.8, 4) is 0 Å². The van der Waals surface area contributed by atoms with E-state index in [1.807, 2.05) is 55.5 Å². The lowest BCUT2D eigenvalue weighted by Crippen LogP contribution is -2.31. The van der Waals surface area contributed by atoms with Crippen molar-refractivity contribution in [2.24, 2.45) is 5.41 Å². The minimum atomic E-state index is -3.58. The van der Waals surface area contributed by atoms with Crippen LogP contribution in [0.3, 0.4) is 0 Å². The Bertz CT molecular complexity index is 1130. The number of rotatable bonds is 4. The number of carbonyl (C=O) groups excluding carboxylic acids is 1. The molecule has 150 valence electrons. The van der Waals surface area contributed by atoms with Gasteiger partial charge in [0.1, 0.15) is 0 Å². The maximum absolute atomic E-state index is 13.2. The summed E-state index contributed by atoms with van der Waals surface area (Å²) in [5, 5.41) is 0. The Kier molecular flexibility index (Phi) is 4.83. The Morgan fingerprint density at radius 1 is 1.03 bits per heavy atom. The number of ketones is 1. The molecule has 0 radical (unpaired) electrons. The molecule has 5 heteroatoms. The second-order valence-electron chi connectivity index (χ2n) is 8.31. The number of Topliss-reactive ketones (excluding diaryl/α,β-unsaturated/α-hetero) is 1. The fourth-order valence-corrected chi connectivity index (χ4v) is 5.85. The van der Waals surface area contributed by atoms with Crippen LogP contribution in [0.25, 0.3) is 5.57 Å². The van der Waals surface area contributed by atoms with E-state index in [0.29, 0.717) is 30.0 Å². The lowest BCUT2D eigenvalue weighted by Gasteiger charge is -2.32. The average molecular weight is 408 g/mol. The lowest BCUT2D eigenvalue weighted by atomic mass is 9.71. The summed E-state index contributed by atoms with van der Waals surface area (Å²) in [4.78, 5) is 12.7. The Morgan fingerprint density at radius 3 is 2.31 bits per heavy atom. The molecule has 2 aliphatic rings. The van der Waals surface area contributed by atoms with E-state index in [1.165, 1.54) is 0 Å². The number of benzene rings is 2. The molecule has 1 unspecified atom stereocenters. The Hall–Kier alpha value is -2.50. The number of aryl methyl sites for hydroxylation is 1. The van der Waals surface area contributed by atoms with Gasteiger partial charge in [-0.15, -0.1) is 0 Å². The molecule has 0 spiro atoms. The third-order valence-electron chi connectivity index (χ3n) is 6.02. The molecule has 1 aliphatic carbocycles. The summed E-state index contributed by atoms with van der Waals surface area (Å²) in [5.41, 5.74) is 4.43. The highest BCUT2D eigenvalue weighted by atomic mass is 32.2. The molecule has 0 aromatic heterocycles. The van der Waals surface area contributed by atoms with E-state index in [2.05, 4.69) is 6.92 Å². The predicted octanol–water partition coefficient (Wildman–Crippen LogP) is 4.38. The van der Waals surface area contributed by atoms with Crippen molar-refractivity contribution in [3.05, 3.63) is 82.9 Å². The van der Waals surface area contributed by atoms with Gasteiger partial charge in [0.15, 0.2) is 5.78 Å². The van der Waals surface area contributed by atoms with Crippen LogP contribution in [0.15, 0.2) is 76.7 Å². The molecular weight excluding hydrogens is 382 g/mol. The zero-order valence-electron chi connectivity index (χ0n) is 17.0. The molecule has 2 aromatic carbocycles. The van der Waals surface area contributed by atoms with Crippen LogP contribution >= 0.6 is 0 Å². The molecule has 0 saturated carbocycles. The minimum absolute atomic E-state index is 0.0123. The molecule has 4 nitrogen and oxygen atoms in total. The third kappa shape index (κ3) is 3.49. The summed E-state index contributed by atoms with van der Waals surface area (Å²) in [5.74, 6) is 0.0123. The van der Waals surface area contributed by atoms with Gasteiger partial charge in [-0.1, -0.05) is 55.0 Å². The molecule has 1 aliphatic heterocycles. The van der Waals surface area contributed by atoms with Crippen molar-refractivity contribution < 1.29 is 13.2 Å². The van der Waals surface area contributed by atoms with Crippen molar-refractivity contribution in [3.63, 3.8) is 0 Å². The van der Waals surface area contributed by atoms with Gasteiger partial charge in [0.2, 0.25) is 10.0 Å². The molecule has 29 heavy (non-hydrogen) atoms. The molecule has 1 atom stereocenters. The molecular formula is C24H25NO3S. The van der Waals surface area contributed by atoms with E-state index in [0.717, 1.165) is 22.3 Å². The van der Waals surface area contributed by atoms with E-state index < -0.39 is 10.0 Å². The van der Waals surface area contributed by atoms with Crippen LogP contribution in [0.2, 0.25) is 0 Å². The summed E-state index contributed by atoms with van der Waals surface area (Å²) in [6.07, 6.45) is 2.58. The molecule has 0 bridgehead atoms. The van der Waals surface area contributed by atoms with Gasteiger partial charge < -0.3 is 0 Å². The monoisotopic (exact) mass is 407 g/mol. The van der Waals surface area contributed by atoms with E-state index in [9.17, 15) is 13.2 Å². The van der Waals surface area contributed by atoms with Gasteiger partial charge in [0, 0.05) is 24.1 Å². The Labute approximate surface area is 172 Å². The summed E-state index contributed by atoms with van der Waals surface area (Å²) in [6, 6.07) is 16.9. The number of carbonyl (C=O) groups is 1. The van der Waals surface area contributed by atoms with Gasteiger partial charge >= 0.3 is 0 Å². The van der Waals surface area contributed by atoms with Crippen LogP contribution in [0.5, 0.6) is 0 Å². The number of hydrogen-bond donors (Lipinski definition) is 0. The smallest absolute Gasteiger partial charge is 0.243 e. The number of fused-ring (bicyclic) bond motifs is 1. The zero-order valence-corrected chi connectivity index (χ0v) is 17.8. The summed E-state index contributed by atoms with van der Waals surface area (Å²) in [7, 11) is -3.58. The summed E-state index contributed by atoms with van der Waals surface area (Å²) >= 11 is 0. The first-order valence-corrected chi connectivity index (χ1v) is 11.2. The molecule has 4 rings (SSSR count). The Morgan fingerprint density at radius 2 is 1.69 bits per heavy atom. The standard InChI is InChI=1S/C24H25NO3S/c1-17-9-11-21(12-10-17)29(27,28)25-15-20-13-22(18(2)26)23(14-24(20,3)16-25)19-7-5-4-6-8-19/h4-13H,14-16H2,1-3H3. The molecule has 0 N–H and O–H groups in total. The predicted molar refractivity (Wildman–Crippen MR) is 115 cm³/mol. The van der Waals surface area contributed by atoms with Gasteiger partial charge in [-0.05, 0) is 55.2 Å². The zero-order chi connectivity index (χ0) is 20.8. The largest absolute Gasteiger partial charge is 0.295 e. The second-order valence-corrected chi connectivity index (χ2v) is 10.2. The molecule has 2 aromatic rings. The second kappa shape index (κ2) is 7.08. The van der Waals surface area contributed by atoms with Crippen LogP contribution < -0.4 is 0 Å². The van der Waals surface area contributed by atoms with Crippen molar-refractivity contribution in [2.45, 2.75) is 32.1 Å². The normalized spacial score (nSPS) is 22.4. The maximum atomic E-state index is 13.2. The number of hydrogen-bond acceptors (Lipinski definition) is 3. The van der Waals surface area contributed by atoms with Gasteiger partial charge in [-0.25, -0.2) is 8.42 Å². The van der Waals surface area contributed by atoms with Crippen molar-refractivity contribution in [2.75, 3.05) is 13.1 Å². The summed E-state index contributed by atoms with van der Waals surface area (Å²) in [6.45, 7) is 6.35. The van der Waals surface area contributed by atoms with Gasteiger partial charge in [-0.3, -0.25) is 4.79 Å². The highest BCUT2D eigenvalue weighted by Gasteiger charge is 2.46. The highest BCUT2D eigenvalue weighted by molar-refractivity contribution is 7.89. The lowest BCUT2D eigenvalue weighted by molar-refractivity contribution is -0.113.